The molecule has 124 valence electrons. The van der Waals surface area contributed by atoms with E-state index in [2.05, 4.69) is 10.5 Å². The summed E-state index contributed by atoms with van der Waals surface area (Å²) in [5, 5.41) is 13.2. The number of rotatable bonds is 3. The number of nitrogens with zero attached hydrogens (tertiary/aromatic N) is 1. The van der Waals surface area contributed by atoms with Gasteiger partial charge in [-0.2, -0.15) is 5.10 Å². The second-order valence-electron chi connectivity index (χ2n) is 5.49. The Morgan fingerprint density at radius 3 is 2.75 bits per heavy atom. The number of carboxylic acid groups (broad SMARTS) is 1. The van der Waals surface area contributed by atoms with Gasteiger partial charge in [0.05, 0.1) is 11.3 Å². The van der Waals surface area contributed by atoms with Gasteiger partial charge in [0.15, 0.2) is 0 Å². The van der Waals surface area contributed by atoms with Crippen LogP contribution < -0.4 is 5.43 Å². The van der Waals surface area contributed by atoms with Gasteiger partial charge in [-0.15, -0.1) is 0 Å². The molecule has 0 radical (unpaired) electrons. The Hall–Kier alpha value is -2.96. The lowest BCUT2D eigenvalue weighted by Gasteiger charge is -2.13. The van der Waals surface area contributed by atoms with E-state index in [-0.39, 0.29) is 11.3 Å². The van der Waals surface area contributed by atoms with Crippen LogP contribution in [0, 0.1) is 12.7 Å². The van der Waals surface area contributed by atoms with Crippen molar-refractivity contribution in [3.05, 3.63) is 58.3 Å². The number of amides is 1. The van der Waals surface area contributed by atoms with Crippen LogP contribution in [0.2, 0.25) is 0 Å². The highest BCUT2D eigenvalue weighted by Crippen LogP contribution is 2.29. The molecular weight excluding hydrogens is 315 g/mol. The van der Waals surface area contributed by atoms with Crippen LogP contribution in [0.15, 0.2) is 33.8 Å². The summed E-state index contributed by atoms with van der Waals surface area (Å²) >= 11 is 0. The molecule has 0 fully saturated rings. The summed E-state index contributed by atoms with van der Waals surface area (Å²) in [5.74, 6) is -2.00. The molecule has 24 heavy (non-hydrogen) atoms. The number of carbonyl (C=O) groups excluding carboxylic acids is 1. The number of fused-ring (bicyclic) bond motifs is 1. The zero-order valence-electron chi connectivity index (χ0n) is 12.9. The first-order valence-corrected chi connectivity index (χ1v) is 7.46. The molecule has 0 saturated heterocycles. The second kappa shape index (κ2) is 6.27. The molecule has 0 saturated carbocycles. The molecule has 0 atom stereocenters. The highest BCUT2D eigenvalue weighted by atomic mass is 19.1. The van der Waals surface area contributed by atoms with Gasteiger partial charge >= 0.3 is 5.97 Å². The highest BCUT2D eigenvalue weighted by molar-refractivity contribution is 6.06. The zero-order valence-corrected chi connectivity index (χ0v) is 12.9. The number of hydrogen-bond donors (Lipinski definition) is 2. The summed E-state index contributed by atoms with van der Waals surface area (Å²) in [6, 6.07) is 5.61. The number of carboxylic acids is 1. The van der Waals surface area contributed by atoms with Crippen molar-refractivity contribution in [1.82, 2.24) is 5.43 Å². The average molecular weight is 330 g/mol. The van der Waals surface area contributed by atoms with Crippen molar-refractivity contribution >= 4 is 17.6 Å². The lowest BCUT2D eigenvalue weighted by molar-refractivity contribution is 0.0659. The molecule has 3 rings (SSSR count). The third-order valence-corrected chi connectivity index (χ3v) is 3.93. The Morgan fingerprint density at radius 2 is 2.04 bits per heavy atom. The van der Waals surface area contributed by atoms with E-state index in [1.165, 1.54) is 18.2 Å². The number of benzene rings is 1. The highest BCUT2D eigenvalue weighted by Gasteiger charge is 2.27. The van der Waals surface area contributed by atoms with Crippen molar-refractivity contribution in [1.29, 1.82) is 0 Å². The van der Waals surface area contributed by atoms with Gasteiger partial charge < -0.3 is 9.52 Å². The Labute approximate surface area is 137 Å². The third-order valence-electron chi connectivity index (χ3n) is 3.93. The van der Waals surface area contributed by atoms with E-state index in [1.807, 2.05) is 0 Å². The Kier molecular flexibility index (Phi) is 4.16. The number of halogens is 1. The number of aryl methyl sites for hydroxylation is 1. The van der Waals surface area contributed by atoms with Gasteiger partial charge in [-0.1, -0.05) is 12.1 Å². The van der Waals surface area contributed by atoms with Crippen molar-refractivity contribution in [2.45, 2.75) is 26.2 Å². The molecule has 1 aromatic heterocycles. The standard InChI is InChI=1S/C17H15FN2O4/c1-9-14-12(7-4-8-13(14)24-15(9)17(22)23)19-20-16(21)10-5-2-3-6-11(10)18/h2-3,5-6H,4,7-8H2,1H3,(H,20,21)(H,22,23)/b19-12+. The second-order valence-corrected chi connectivity index (χ2v) is 5.49. The summed E-state index contributed by atoms with van der Waals surface area (Å²) < 4.78 is 19.0. The normalized spacial score (nSPS) is 15.2. The van der Waals surface area contributed by atoms with Crippen LogP contribution in [0.25, 0.3) is 0 Å². The molecule has 1 aliphatic rings. The van der Waals surface area contributed by atoms with E-state index in [1.54, 1.807) is 13.0 Å². The van der Waals surface area contributed by atoms with Crippen LogP contribution in [0.1, 0.15) is 50.6 Å². The maximum Gasteiger partial charge on any atom is 0.372 e. The predicted octanol–water partition coefficient (Wildman–Crippen LogP) is 2.90. The molecule has 1 amide bonds. The fraction of sp³-hybridized carbons (Fsp3) is 0.235. The van der Waals surface area contributed by atoms with E-state index >= 15 is 0 Å². The SMILES string of the molecule is Cc1c(C(=O)O)oc2c1/C(=N/NC(=O)c1ccccc1F)CCC2. The number of furan rings is 1. The Bertz CT molecular complexity index is 854. The van der Waals surface area contributed by atoms with Crippen molar-refractivity contribution in [3.8, 4) is 0 Å². The van der Waals surface area contributed by atoms with E-state index in [4.69, 9.17) is 9.52 Å². The molecule has 0 bridgehead atoms. The third kappa shape index (κ3) is 2.80. The van der Waals surface area contributed by atoms with E-state index in [9.17, 15) is 14.0 Å². The van der Waals surface area contributed by atoms with Crippen LogP contribution in [-0.4, -0.2) is 22.7 Å². The van der Waals surface area contributed by atoms with Gasteiger partial charge in [0.2, 0.25) is 5.76 Å². The maximum atomic E-state index is 13.6. The molecule has 1 aromatic carbocycles. The molecule has 6 nitrogen and oxygen atoms in total. The number of nitrogens with one attached hydrogen (secondary N) is 1. The maximum absolute atomic E-state index is 13.6. The lowest BCUT2D eigenvalue weighted by Crippen LogP contribution is -2.23. The Balaban J connectivity index is 1.89. The molecule has 2 N–H and O–H groups in total. The molecule has 0 unspecified atom stereocenters. The minimum atomic E-state index is -1.14. The molecular formula is C17H15FN2O4. The van der Waals surface area contributed by atoms with Crippen LogP contribution in [-0.2, 0) is 6.42 Å². The Morgan fingerprint density at radius 1 is 1.29 bits per heavy atom. The summed E-state index contributed by atoms with van der Waals surface area (Å²) in [7, 11) is 0. The molecule has 2 aromatic rings. The summed E-state index contributed by atoms with van der Waals surface area (Å²) in [6.45, 7) is 1.64. The van der Waals surface area contributed by atoms with Gasteiger partial charge in [0.1, 0.15) is 11.6 Å². The summed E-state index contributed by atoms with van der Waals surface area (Å²) in [6.07, 6.45) is 1.92. The largest absolute Gasteiger partial charge is 0.475 e. The lowest BCUT2D eigenvalue weighted by atomic mass is 9.93. The number of aromatic carboxylic acids is 1. The van der Waals surface area contributed by atoms with Gasteiger partial charge in [-0.05, 0) is 31.9 Å². The quantitative estimate of drug-likeness (QED) is 0.847. The van der Waals surface area contributed by atoms with E-state index in [0.717, 1.165) is 6.42 Å². The number of hydrazone groups is 1. The van der Waals surface area contributed by atoms with Crippen LogP contribution in [0.5, 0.6) is 0 Å². The molecule has 1 aliphatic carbocycles. The first-order chi connectivity index (χ1) is 11.5. The smallest absolute Gasteiger partial charge is 0.372 e. The fourth-order valence-electron chi connectivity index (χ4n) is 2.81. The summed E-state index contributed by atoms with van der Waals surface area (Å²) in [5.41, 5.74) is 3.87. The van der Waals surface area contributed by atoms with Crippen molar-refractivity contribution in [3.63, 3.8) is 0 Å². The average Bonchev–Trinajstić information content (AvgIpc) is 2.91. The predicted molar refractivity (Wildman–Crippen MR) is 83.7 cm³/mol. The monoisotopic (exact) mass is 330 g/mol. The molecule has 0 spiro atoms. The molecule has 7 heteroatoms. The molecule has 0 aliphatic heterocycles. The van der Waals surface area contributed by atoms with Gasteiger partial charge in [0.25, 0.3) is 5.91 Å². The van der Waals surface area contributed by atoms with E-state index in [0.29, 0.717) is 35.4 Å². The molecule has 1 heterocycles. The van der Waals surface area contributed by atoms with Crippen molar-refractivity contribution in [2.75, 3.05) is 0 Å². The topological polar surface area (TPSA) is 91.9 Å². The summed E-state index contributed by atoms with van der Waals surface area (Å²) in [4.78, 5) is 23.2. The zero-order chi connectivity index (χ0) is 17.3. The van der Waals surface area contributed by atoms with E-state index < -0.39 is 17.7 Å². The minimum Gasteiger partial charge on any atom is -0.475 e. The van der Waals surface area contributed by atoms with Crippen LogP contribution >= 0.6 is 0 Å². The first-order valence-electron chi connectivity index (χ1n) is 7.46. The minimum absolute atomic E-state index is 0.104. The fourth-order valence-corrected chi connectivity index (χ4v) is 2.81. The van der Waals surface area contributed by atoms with Gasteiger partial charge in [-0.25, -0.2) is 14.6 Å². The van der Waals surface area contributed by atoms with Crippen molar-refractivity contribution < 1.29 is 23.5 Å². The van der Waals surface area contributed by atoms with Crippen LogP contribution in [0.3, 0.4) is 0 Å². The van der Waals surface area contributed by atoms with Crippen molar-refractivity contribution in [2.24, 2.45) is 5.10 Å². The number of carbonyl (C=O) groups is 2. The van der Waals surface area contributed by atoms with Gasteiger partial charge in [0, 0.05) is 17.5 Å². The first kappa shape index (κ1) is 15.9. The van der Waals surface area contributed by atoms with Gasteiger partial charge in [-0.3, -0.25) is 4.79 Å². The van der Waals surface area contributed by atoms with Crippen LogP contribution in [0.4, 0.5) is 4.39 Å². The number of hydrogen-bond acceptors (Lipinski definition) is 4.